The maximum absolute atomic E-state index is 4.31. The molecule has 16 heavy (non-hydrogen) atoms. The van der Waals surface area contributed by atoms with E-state index in [9.17, 15) is 0 Å². The number of aryl methyl sites for hydroxylation is 2. The van der Waals surface area contributed by atoms with Crippen LogP contribution in [0.3, 0.4) is 0 Å². The first-order valence-corrected chi connectivity index (χ1v) is 6.03. The number of hydrogen-bond acceptors (Lipinski definition) is 1. The van der Waals surface area contributed by atoms with Gasteiger partial charge in [-0.05, 0) is 31.6 Å². The van der Waals surface area contributed by atoms with Crippen LogP contribution in [0, 0.1) is 6.92 Å². The molecule has 0 aromatic carbocycles. The van der Waals surface area contributed by atoms with E-state index in [1.165, 1.54) is 5.56 Å². The van der Waals surface area contributed by atoms with Crippen molar-refractivity contribution in [3.05, 3.63) is 30.0 Å². The molecule has 0 atom stereocenters. The lowest BCUT2D eigenvalue weighted by Gasteiger charge is -1.95. The molecule has 2 heteroatoms. The average molecular weight is 222 g/mol. The van der Waals surface area contributed by atoms with Crippen molar-refractivity contribution in [2.24, 2.45) is 12.0 Å². The number of hydrogen-bond donors (Lipinski definition) is 0. The van der Waals surface area contributed by atoms with Gasteiger partial charge in [0.05, 0.1) is 0 Å². The highest BCUT2D eigenvalue weighted by Gasteiger charge is 1.97. The molecule has 0 spiro atoms. The zero-order chi connectivity index (χ0) is 13.0. The van der Waals surface area contributed by atoms with Gasteiger partial charge in [0.1, 0.15) is 5.82 Å². The number of aliphatic imine (C=N–C) groups is 1. The average Bonchev–Trinajstić information content (AvgIpc) is 2.66. The minimum Gasteiger partial charge on any atom is -0.336 e. The first kappa shape index (κ1) is 17.1. The van der Waals surface area contributed by atoms with Gasteiger partial charge in [0.15, 0.2) is 0 Å². The van der Waals surface area contributed by atoms with Gasteiger partial charge in [-0.3, -0.25) is 0 Å². The molecular formula is C14H26N2. The smallest absolute Gasteiger partial charge is 0.135 e. The van der Waals surface area contributed by atoms with Gasteiger partial charge in [-0.25, -0.2) is 4.99 Å². The van der Waals surface area contributed by atoms with Gasteiger partial charge in [0.25, 0.3) is 0 Å². The van der Waals surface area contributed by atoms with Crippen molar-refractivity contribution in [3.63, 3.8) is 0 Å². The Balaban J connectivity index is 0. The molecule has 1 heterocycles. The summed E-state index contributed by atoms with van der Waals surface area (Å²) in [4.78, 5) is 4.31. The summed E-state index contributed by atoms with van der Waals surface area (Å²) >= 11 is 0. The molecule has 0 unspecified atom stereocenters. The molecule has 0 saturated heterocycles. The predicted molar refractivity (Wildman–Crippen MR) is 75.8 cm³/mol. The van der Waals surface area contributed by atoms with Crippen molar-refractivity contribution >= 4 is 12.0 Å². The Labute approximate surface area is 101 Å². The topological polar surface area (TPSA) is 17.3 Å². The fraction of sp³-hybridized carbons (Fsp3) is 0.500. The molecule has 92 valence electrons. The van der Waals surface area contributed by atoms with Crippen LogP contribution in [0.15, 0.2) is 29.4 Å². The Morgan fingerprint density at radius 1 is 1.19 bits per heavy atom. The third kappa shape index (κ3) is 6.23. The molecule has 1 rings (SSSR count). The lowest BCUT2D eigenvalue weighted by Crippen LogP contribution is -1.83. The number of rotatable bonds is 2. The van der Waals surface area contributed by atoms with Gasteiger partial charge in [0.2, 0.25) is 0 Å². The van der Waals surface area contributed by atoms with Gasteiger partial charge >= 0.3 is 0 Å². The SMILES string of the molecule is C/C=C\C=N/c1c(C)ccn1C.CC.CC. The largest absolute Gasteiger partial charge is 0.336 e. The molecule has 0 fully saturated rings. The Bertz CT molecular complexity index is 287. The summed E-state index contributed by atoms with van der Waals surface area (Å²) < 4.78 is 2.01. The molecule has 2 nitrogen and oxygen atoms in total. The molecule has 1 aromatic rings. The van der Waals surface area contributed by atoms with E-state index in [-0.39, 0.29) is 0 Å². The fourth-order valence-corrected chi connectivity index (χ4v) is 1.04. The Hall–Kier alpha value is -1.31. The Morgan fingerprint density at radius 3 is 2.12 bits per heavy atom. The molecule has 0 amide bonds. The van der Waals surface area contributed by atoms with Crippen LogP contribution in [-0.4, -0.2) is 10.8 Å². The third-order valence-corrected chi connectivity index (χ3v) is 1.71. The van der Waals surface area contributed by atoms with Crippen molar-refractivity contribution in [2.45, 2.75) is 41.5 Å². The molecule has 0 aliphatic heterocycles. The molecule has 0 aliphatic rings. The van der Waals surface area contributed by atoms with Crippen LogP contribution in [-0.2, 0) is 7.05 Å². The predicted octanol–water partition coefficient (Wildman–Crippen LogP) is 4.66. The van der Waals surface area contributed by atoms with Crippen LogP contribution < -0.4 is 0 Å². The normalized spacial score (nSPS) is 9.69. The van der Waals surface area contributed by atoms with Crippen LogP contribution in [0.4, 0.5) is 5.82 Å². The standard InChI is InChI=1S/C10H14N2.2C2H6/c1-4-5-7-11-10-9(2)6-8-12(10)3;2*1-2/h4-8H,1-3H3;2*1-2H3/b5-4-,11-7-;;. The van der Waals surface area contributed by atoms with Crippen LogP contribution in [0.2, 0.25) is 0 Å². The molecule has 0 N–H and O–H groups in total. The summed E-state index contributed by atoms with van der Waals surface area (Å²) in [7, 11) is 2.00. The van der Waals surface area contributed by atoms with Crippen molar-refractivity contribution in [2.75, 3.05) is 0 Å². The minimum atomic E-state index is 1.02. The quantitative estimate of drug-likeness (QED) is 0.647. The highest BCUT2D eigenvalue weighted by molar-refractivity contribution is 5.74. The fourth-order valence-electron chi connectivity index (χ4n) is 1.04. The summed E-state index contributed by atoms with van der Waals surface area (Å²) in [5, 5.41) is 0. The van der Waals surface area contributed by atoms with E-state index in [2.05, 4.69) is 18.0 Å². The molecule has 0 bridgehead atoms. The summed E-state index contributed by atoms with van der Waals surface area (Å²) in [6, 6.07) is 2.06. The molecule has 0 radical (unpaired) electrons. The van der Waals surface area contributed by atoms with Crippen molar-refractivity contribution in [1.82, 2.24) is 4.57 Å². The second kappa shape index (κ2) is 11.8. The maximum Gasteiger partial charge on any atom is 0.135 e. The van der Waals surface area contributed by atoms with E-state index in [0.717, 1.165) is 5.82 Å². The number of allylic oxidation sites excluding steroid dienone is 2. The van der Waals surface area contributed by atoms with E-state index >= 15 is 0 Å². The monoisotopic (exact) mass is 222 g/mol. The first-order chi connectivity index (χ1) is 7.75. The minimum absolute atomic E-state index is 1.02. The van der Waals surface area contributed by atoms with Crippen molar-refractivity contribution in [3.8, 4) is 0 Å². The van der Waals surface area contributed by atoms with Crippen LogP contribution >= 0.6 is 0 Å². The Kier molecular flexibility index (Phi) is 12.6. The van der Waals surface area contributed by atoms with E-state index < -0.39 is 0 Å². The Morgan fingerprint density at radius 2 is 1.75 bits per heavy atom. The molecule has 0 saturated carbocycles. The highest BCUT2D eigenvalue weighted by Crippen LogP contribution is 2.17. The highest BCUT2D eigenvalue weighted by atomic mass is 15.0. The molecule has 1 aromatic heterocycles. The van der Waals surface area contributed by atoms with E-state index in [0.29, 0.717) is 0 Å². The second-order valence-corrected chi connectivity index (χ2v) is 2.74. The van der Waals surface area contributed by atoms with Gasteiger partial charge in [-0.15, -0.1) is 0 Å². The lowest BCUT2D eigenvalue weighted by molar-refractivity contribution is 0.923. The van der Waals surface area contributed by atoms with Gasteiger partial charge in [-0.1, -0.05) is 33.8 Å². The first-order valence-electron chi connectivity index (χ1n) is 6.03. The van der Waals surface area contributed by atoms with Crippen molar-refractivity contribution < 1.29 is 0 Å². The van der Waals surface area contributed by atoms with E-state index in [4.69, 9.17) is 0 Å². The number of aromatic nitrogens is 1. The van der Waals surface area contributed by atoms with Gasteiger partial charge in [-0.2, -0.15) is 0 Å². The van der Waals surface area contributed by atoms with E-state index in [1.54, 1.807) is 0 Å². The van der Waals surface area contributed by atoms with Crippen molar-refractivity contribution in [1.29, 1.82) is 0 Å². The zero-order valence-electron chi connectivity index (χ0n) is 11.8. The summed E-state index contributed by atoms with van der Waals surface area (Å²) in [5.41, 5.74) is 1.21. The third-order valence-electron chi connectivity index (χ3n) is 1.71. The second-order valence-electron chi connectivity index (χ2n) is 2.74. The molecule has 0 aliphatic carbocycles. The van der Waals surface area contributed by atoms with Gasteiger partial charge in [0, 0.05) is 19.5 Å². The summed E-state index contributed by atoms with van der Waals surface area (Å²) in [5.74, 6) is 1.02. The summed E-state index contributed by atoms with van der Waals surface area (Å²) in [6.07, 6.45) is 7.70. The maximum atomic E-state index is 4.31. The van der Waals surface area contributed by atoms with Crippen LogP contribution in [0.1, 0.15) is 40.2 Å². The lowest BCUT2D eigenvalue weighted by atomic mass is 10.4. The number of nitrogens with zero attached hydrogens (tertiary/aromatic N) is 2. The van der Waals surface area contributed by atoms with E-state index in [1.807, 2.05) is 70.8 Å². The molecular weight excluding hydrogens is 196 g/mol. The van der Waals surface area contributed by atoms with Crippen LogP contribution in [0.5, 0.6) is 0 Å². The zero-order valence-corrected chi connectivity index (χ0v) is 11.8. The van der Waals surface area contributed by atoms with Gasteiger partial charge < -0.3 is 4.57 Å². The van der Waals surface area contributed by atoms with Crippen LogP contribution in [0.25, 0.3) is 0 Å². The summed E-state index contributed by atoms with van der Waals surface area (Å²) in [6.45, 7) is 12.0.